The lowest BCUT2D eigenvalue weighted by Gasteiger charge is -2.33. The zero-order chi connectivity index (χ0) is 33.4. The molecular formula is C32H28F4N6O4S. The van der Waals surface area contributed by atoms with Crippen LogP contribution >= 0.6 is 11.3 Å². The molecule has 6 rings (SSSR count). The van der Waals surface area contributed by atoms with Gasteiger partial charge in [0.05, 0.1) is 42.3 Å². The number of thiophene rings is 1. The number of benzene rings is 1. The molecule has 5 heterocycles. The van der Waals surface area contributed by atoms with E-state index in [-0.39, 0.29) is 59.0 Å². The molecule has 244 valence electrons. The quantitative estimate of drug-likeness (QED) is 0.107. The van der Waals surface area contributed by atoms with Gasteiger partial charge < -0.3 is 14.4 Å². The smallest absolute Gasteiger partial charge is 0.267 e. The van der Waals surface area contributed by atoms with Crippen LogP contribution in [0.15, 0.2) is 59.4 Å². The number of ether oxygens (including phenoxy) is 2. The first-order valence-electron chi connectivity index (χ1n) is 14.5. The Balaban J connectivity index is 1.62. The van der Waals surface area contributed by atoms with Crippen LogP contribution in [-0.2, 0) is 22.6 Å². The number of halogens is 4. The summed E-state index contributed by atoms with van der Waals surface area (Å²) in [6.07, 6.45) is -0.272. The van der Waals surface area contributed by atoms with Crippen LogP contribution in [0.25, 0.3) is 43.9 Å². The molecule has 10 nitrogen and oxygen atoms in total. The molecule has 4 aromatic heterocycles. The minimum absolute atomic E-state index is 0.00482. The highest BCUT2D eigenvalue weighted by molar-refractivity contribution is 7.18. The highest BCUT2D eigenvalue weighted by atomic mass is 32.1. The van der Waals surface area contributed by atoms with E-state index in [9.17, 15) is 22.8 Å². The van der Waals surface area contributed by atoms with Crippen LogP contribution in [0.4, 0.5) is 17.6 Å². The molecule has 1 atom stereocenters. The van der Waals surface area contributed by atoms with Gasteiger partial charge in [0, 0.05) is 53.1 Å². The summed E-state index contributed by atoms with van der Waals surface area (Å²) in [6.45, 7) is 5.47. The average molecular weight is 669 g/mol. The van der Waals surface area contributed by atoms with Crippen LogP contribution in [0, 0.1) is 11.6 Å². The molecule has 0 aliphatic carbocycles. The second-order valence-corrected chi connectivity index (χ2v) is 11.6. The van der Waals surface area contributed by atoms with E-state index in [0.717, 1.165) is 18.2 Å². The number of aromatic nitrogens is 5. The molecular weight excluding hydrogens is 640 g/mol. The van der Waals surface area contributed by atoms with Gasteiger partial charge in [0.1, 0.15) is 41.9 Å². The molecule has 1 amide bonds. The van der Waals surface area contributed by atoms with Crippen molar-refractivity contribution < 1.29 is 31.8 Å². The fourth-order valence-corrected chi connectivity index (χ4v) is 6.62. The Labute approximate surface area is 269 Å². The van der Waals surface area contributed by atoms with Crippen molar-refractivity contribution in [2.75, 3.05) is 26.9 Å². The summed E-state index contributed by atoms with van der Waals surface area (Å²) >= 11 is 1.25. The lowest BCUT2D eigenvalue weighted by Crippen LogP contribution is -2.40. The third kappa shape index (κ3) is 6.03. The summed E-state index contributed by atoms with van der Waals surface area (Å²) in [5.41, 5.74) is 1.17. The predicted molar refractivity (Wildman–Crippen MR) is 167 cm³/mol. The number of hydrogen-bond acceptors (Lipinski definition) is 8. The van der Waals surface area contributed by atoms with E-state index >= 15 is 4.39 Å². The summed E-state index contributed by atoms with van der Waals surface area (Å²) in [5.74, 6) is -2.07. The highest BCUT2D eigenvalue weighted by Gasteiger charge is 2.31. The molecule has 47 heavy (non-hydrogen) atoms. The summed E-state index contributed by atoms with van der Waals surface area (Å²) in [4.78, 5) is 31.9. The van der Waals surface area contributed by atoms with E-state index in [1.165, 1.54) is 30.7 Å². The van der Waals surface area contributed by atoms with Crippen LogP contribution < -0.4 is 10.3 Å². The number of carbonyl (C=O) groups is 1. The Bertz CT molecular complexity index is 2060. The predicted octanol–water partition coefficient (Wildman–Crippen LogP) is 5.71. The standard InChI is InChI=1S/C32H28F4N6O4S/c1-4-26(43)40-6-7-41-23(17(40)2)14-22(39-41)31-29(28-21(34)12-19(33)13-24(28)46-9-8-45-3)32-20(5-10-47-32)30(38-31)18-11-27(44)42(37-15-18)16-25(35)36/h4-5,10-15,17,25H,1,6-9,16H2,2-3H3. The topological polar surface area (TPSA) is 104 Å². The zero-order valence-corrected chi connectivity index (χ0v) is 26.1. The van der Waals surface area contributed by atoms with Crippen LogP contribution in [0.3, 0.4) is 0 Å². The van der Waals surface area contributed by atoms with Crippen molar-refractivity contribution >= 4 is 27.3 Å². The first-order valence-corrected chi connectivity index (χ1v) is 15.4. The van der Waals surface area contributed by atoms with Crippen molar-refractivity contribution in [2.24, 2.45) is 0 Å². The number of rotatable bonds is 10. The van der Waals surface area contributed by atoms with Gasteiger partial charge in [0.2, 0.25) is 5.91 Å². The van der Waals surface area contributed by atoms with Crippen molar-refractivity contribution in [3.63, 3.8) is 0 Å². The van der Waals surface area contributed by atoms with Crippen LogP contribution in [0.1, 0.15) is 18.7 Å². The molecule has 0 fully saturated rings. The number of hydrogen-bond donors (Lipinski definition) is 0. The molecule has 0 spiro atoms. The maximum Gasteiger partial charge on any atom is 0.267 e. The fourth-order valence-electron chi connectivity index (χ4n) is 5.67. The first kappa shape index (κ1) is 32.1. The SMILES string of the molecule is C=CC(=O)N1CCn2nc(-c3nc(-c4cnn(CC(F)F)c(=O)c4)c4ccsc4c3-c3c(F)cc(F)cc3OCCOC)cc2C1C. The summed E-state index contributed by atoms with van der Waals surface area (Å²) in [5, 5.41) is 11.0. The number of alkyl halides is 2. The Kier molecular flexibility index (Phi) is 8.92. The van der Waals surface area contributed by atoms with Gasteiger partial charge in [-0.3, -0.25) is 14.3 Å². The minimum Gasteiger partial charge on any atom is -0.490 e. The second-order valence-electron chi connectivity index (χ2n) is 10.7. The molecule has 0 saturated heterocycles. The summed E-state index contributed by atoms with van der Waals surface area (Å²) < 4.78 is 70.4. The molecule has 5 aromatic rings. The molecule has 0 bridgehead atoms. The van der Waals surface area contributed by atoms with Crippen molar-refractivity contribution in [1.82, 2.24) is 29.4 Å². The number of carbonyl (C=O) groups excluding carboxylic acids is 1. The van der Waals surface area contributed by atoms with E-state index in [2.05, 4.69) is 11.7 Å². The third-order valence-electron chi connectivity index (χ3n) is 7.84. The summed E-state index contributed by atoms with van der Waals surface area (Å²) in [7, 11) is 1.47. The van der Waals surface area contributed by atoms with Gasteiger partial charge in [-0.05, 0) is 30.5 Å². The number of fused-ring (bicyclic) bond motifs is 2. The van der Waals surface area contributed by atoms with E-state index in [0.29, 0.717) is 39.2 Å². The van der Waals surface area contributed by atoms with Crippen molar-refractivity contribution in [3.8, 4) is 39.5 Å². The molecule has 0 N–H and O–H groups in total. The van der Waals surface area contributed by atoms with Crippen molar-refractivity contribution in [2.45, 2.75) is 32.5 Å². The largest absolute Gasteiger partial charge is 0.490 e. The van der Waals surface area contributed by atoms with Gasteiger partial charge in [0.25, 0.3) is 12.0 Å². The monoisotopic (exact) mass is 668 g/mol. The Morgan fingerprint density at radius 1 is 1.15 bits per heavy atom. The van der Waals surface area contributed by atoms with Crippen molar-refractivity contribution in [1.29, 1.82) is 0 Å². The van der Waals surface area contributed by atoms with Crippen LogP contribution in [-0.4, -0.2) is 68.6 Å². The maximum atomic E-state index is 16.0. The molecule has 1 aromatic carbocycles. The normalized spacial score (nSPS) is 14.5. The maximum absolute atomic E-state index is 16.0. The Morgan fingerprint density at radius 3 is 2.68 bits per heavy atom. The lowest BCUT2D eigenvalue weighted by molar-refractivity contribution is -0.129. The van der Waals surface area contributed by atoms with Gasteiger partial charge in [-0.25, -0.2) is 27.2 Å². The van der Waals surface area contributed by atoms with Crippen molar-refractivity contribution in [3.05, 3.63) is 82.2 Å². The Hall–Kier alpha value is -4.89. The molecule has 0 saturated carbocycles. The molecule has 1 unspecified atom stereocenters. The van der Waals surface area contributed by atoms with Gasteiger partial charge in [-0.1, -0.05) is 6.58 Å². The van der Waals surface area contributed by atoms with Gasteiger partial charge in [-0.2, -0.15) is 10.2 Å². The average Bonchev–Trinajstić information content (AvgIpc) is 3.70. The molecule has 15 heteroatoms. The molecule has 1 aliphatic rings. The summed E-state index contributed by atoms with van der Waals surface area (Å²) in [6, 6.07) is 6.08. The van der Waals surface area contributed by atoms with E-state index in [1.807, 2.05) is 6.92 Å². The number of nitrogens with zero attached hydrogens (tertiary/aromatic N) is 6. The Morgan fingerprint density at radius 2 is 1.96 bits per heavy atom. The third-order valence-corrected chi connectivity index (χ3v) is 8.77. The number of amides is 1. The van der Waals surface area contributed by atoms with E-state index in [4.69, 9.17) is 19.6 Å². The highest BCUT2D eigenvalue weighted by Crippen LogP contribution is 2.47. The number of methoxy groups -OCH3 is 1. The van der Waals surface area contributed by atoms with Crippen LogP contribution in [0.2, 0.25) is 0 Å². The lowest BCUT2D eigenvalue weighted by atomic mass is 9.96. The first-order chi connectivity index (χ1) is 22.6. The van der Waals surface area contributed by atoms with Crippen LogP contribution in [0.5, 0.6) is 5.75 Å². The van der Waals surface area contributed by atoms with Gasteiger partial charge in [-0.15, -0.1) is 11.3 Å². The van der Waals surface area contributed by atoms with Gasteiger partial charge in [0.15, 0.2) is 0 Å². The zero-order valence-electron chi connectivity index (χ0n) is 25.3. The fraction of sp³-hybridized carbons (Fsp3) is 0.281. The van der Waals surface area contributed by atoms with E-state index in [1.54, 1.807) is 27.1 Å². The minimum atomic E-state index is -2.78. The van der Waals surface area contributed by atoms with Gasteiger partial charge >= 0.3 is 0 Å². The second kappa shape index (κ2) is 13.1. The molecule has 0 radical (unpaired) electrons. The number of pyridine rings is 1. The van der Waals surface area contributed by atoms with E-state index < -0.39 is 30.2 Å². The molecule has 1 aliphatic heterocycles.